The number of nitrogens with zero attached hydrogens (tertiary/aromatic N) is 2. The molecule has 0 radical (unpaired) electrons. The molecule has 0 amide bonds. The lowest BCUT2D eigenvalue weighted by Gasteiger charge is -2.05. The van der Waals surface area contributed by atoms with E-state index in [2.05, 4.69) is 4.98 Å². The number of nitrogens with two attached hydrogens (primary N) is 1. The molecular weight excluding hydrogens is 278 g/mol. The Morgan fingerprint density at radius 2 is 1.89 bits per heavy atom. The standard InChI is InChI=1S/C9H17N3O4S2/c1-3-8-11-9(18(10,15)16)7-12(8)5-6-17(13,14)4-2/h7H,3-6H2,1-2H3,(H2,10,15,16). The molecule has 18 heavy (non-hydrogen) atoms. The van der Waals surface area contributed by atoms with Gasteiger partial charge in [-0.3, -0.25) is 0 Å². The third-order valence-electron chi connectivity index (χ3n) is 2.53. The van der Waals surface area contributed by atoms with Gasteiger partial charge in [-0.1, -0.05) is 13.8 Å². The van der Waals surface area contributed by atoms with Crippen LogP contribution in [0, 0.1) is 0 Å². The van der Waals surface area contributed by atoms with Gasteiger partial charge < -0.3 is 4.57 Å². The molecule has 1 rings (SSSR count). The Hall–Kier alpha value is -0.930. The number of hydrogen-bond acceptors (Lipinski definition) is 5. The van der Waals surface area contributed by atoms with E-state index in [1.807, 2.05) is 0 Å². The van der Waals surface area contributed by atoms with Gasteiger partial charge in [0.1, 0.15) is 5.82 Å². The molecule has 1 aromatic heterocycles. The molecule has 0 aliphatic heterocycles. The molecule has 0 aliphatic rings. The molecule has 9 heteroatoms. The van der Waals surface area contributed by atoms with Gasteiger partial charge in [0.15, 0.2) is 14.9 Å². The van der Waals surface area contributed by atoms with Crippen molar-refractivity contribution in [2.24, 2.45) is 5.14 Å². The van der Waals surface area contributed by atoms with Crippen molar-refractivity contribution in [1.82, 2.24) is 9.55 Å². The number of aryl methyl sites for hydroxylation is 2. The summed E-state index contributed by atoms with van der Waals surface area (Å²) < 4.78 is 46.6. The van der Waals surface area contributed by atoms with Gasteiger partial charge in [-0.15, -0.1) is 0 Å². The van der Waals surface area contributed by atoms with E-state index in [9.17, 15) is 16.8 Å². The first-order valence-electron chi connectivity index (χ1n) is 5.49. The minimum absolute atomic E-state index is 0.0447. The van der Waals surface area contributed by atoms with E-state index in [1.54, 1.807) is 13.8 Å². The highest BCUT2D eigenvalue weighted by Gasteiger charge is 2.16. The Kier molecular flexibility index (Phi) is 4.51. The molecule has 7 nitrogen and oxygen atoms in total. The second-order valence-electron chi connectivity index (χ2n) is 3.82. The molecule has 1 heterocycles. The maximum absolute atomic E-state index is 11.4. The van der Waals surface area contributed by atoms with E-state index >= 15 is 0 Å². The zero-order chi connectivity index (χ0) is 14.0. The van der Waals surface area contributed by atoms with Gasteiger partial charge in [-0.25, -0.2) is 27.0 Å². The molecule has 2 N–H and O–H groups in total. The Labute approximate surface area is 107 Å². The molecule has 0 aromatic carbocycles. The summed E-state index contributed by atoms with van der Waals surface area (Å²) in [5.74, 6) is 0.521. The van der Waals surface area contributed by atoms with Gasteiger partial charge in [0.05, 0.1) is 5.75 Å². The monoisotopic (exact) mass is 295 g/mol. The lowest BCUT2D eigenvalue weighted by Crippen LogP contribution is -2.15. The molecule has 104 valence electrons. The summed E-state index contributed by atoms with van der Waals surface area (Å²) in [4.78, 5) is 3.88. The summed E-state index contributed by atoms with van der Waals surface area (Å²) in [5.41, 5.74) is 0. The predicted molar refractivity (Wildman–Crippen MR) is 67.3 cm³/mol. The number of aromatic nitrogens is 2. The third kappa shape index (κ3) is 3.79. The lowest BCUT2D eigenvalue weighted by molar-refractivity contribution is 0.587. The molecule has 0 saturated heterocycles. The molecule has 1 aromatic rings. The number of sulfone groups is 1. The van der Waals surface area contributed by atoms with Crippen molar-refractivity contribution in [3.8, 4) is 0 Å². The highest BCUT2D eigenvalue weighted by molar-refractivity contribution is 7.91. The Morgan fingerprint density at radius 3 is 2.33 bits per heavy atom. The molecule has 0 bridgehead atoms. The van der Waals surface area contributed by atoms with E-state index in [1.165, 1.54) is 10.8 Å². The first kappa shape index (κ1) is 15.1. The molecule has 0 fully saturated rings. The Bertz CT molecular complexity index is 616. The summed E-state index contributed by atoms with van der Waals surface area (Å²) >= 11 is 0. The van der Waals surface area contributed by atoms with Crippen LogP contribution < -0.4 is 5.14 Å². The van der Waals surface area contributed by atoms with Crippen molar-refractivity contribution in [2.75, 3.05) is 11.5 Å². The molecular formula is C9H17N3O4S2. The van der Waals surface area contributed by atoms with Crippen LogP contribution in [0.25, 0.3) is 0 Å². The van der Waals surface area contributed by atoms with E-state index in [-0.39, 0.29) is 23.1 Å². The maximum Gasteiger partial charge on any atom is 0.257 e. The summed E-state index contributed by atoms with van der Waals surface area (Å²) in [6.45, 7) is 3.56. The average Bonchev–Trinajstić information content (AvgIpc) is 2.69. The van der Waals surface area contributed by atoms with Gasteiger partial charge in [0, 0.05) is 24.9 Å². The van der Waals surface area contributed by atoms with E-state index in [0.717, 1.165) is 0 Å². The van der Waals surface area contributed by atoms with Crippen molar-refractivity contribution < 1.29 is 16.8 Å². The third-order valence-corrected chi connectivity index (χ3v) is 4.99. The Balaban J connectivity index is 3.00. The fourth-order valence-electron chi connectivity index (χ4n) is 1.42. The van der Waals surface area contributed by atoms with Crippen molar-refractivity contribution in [3.63, 3.8) is 0 Å². The van der Waals surface area contributed by atoms with Gasteiger partial charge in [-0.05, 0) is 0 Å². The van der Waals surface area contributed by atoms with Gasteiger partial charge in [0.25, 0.3) is 10.0 Å². The predicted octanol–water partition coefficient (Wildman–Crippen LogP) is -0.472. The largest absolute Gasteiger partial charge is 0.332 e. The van der Waals surface area contributed by atoms with Crippen LogP contribution >= 0.6 is 0 Å². The van der Waals surface area contributed by atoms with Crippen LogP contribution in [-0.4, -0.2) is 37.9 Å². The van der Waals surface area contributed by atoms with Crippen LogP contribution in [0.1, 0.15) is 19.7 Å². The SMILES string of the molecule is CCc1nc(S(N)(=O)=O)cn1CCS(=O)(=O)CC. The van der Waals surface area contributed by atoms with Crippen LogP contribution in [0.15, 0.2) is 11.2 Å². The fraction of sp³-hybridized carbons (Fsp3) is 0.667. The number of sulfonamides is 1. The van der Waals surface area contributed by atoms with Crippen LogP contribution in [0.5, 0.6) is 0 Å². The van der Waals surface area contributed by atoms with E-state index < -0.39 is 19.9 Å². The topological polar surface area (TPSA) is 112 Å². The molecule has 0 spiro atoms. The highest BCUT2D eigenvalue weighted by Crippen LogP contribution is 2.09. The second-order valence-corrected chi connectivity index (χ2v) is 7.80. The number of rotatable bonds is 6. The molecule has 0 saturated carbocycles. The highest BCUT2D eigenvalue weighted by atomic mass is 32.2. The quantitative estimate of drug-likeness (QED) is 0.762. The summed E-state index contributed by atoms with van der Waals surface area (Å²) in [5, 5.41) is 4.75. The maximum atomic E-state index is 11.4. The smallest absolute Gasteiger partial charge is 0.257 e. The summed E-state index contributed by atoms with van der Waals surface area (Å²) in [6.07, 6.45) is 1.78. The van der Waals surface area contributed by atoms with Gasteiger partial charge >= 0.3 is 0 Å². The van der Waals surface area contributed by atoms with E-state index in [0.29, 0.717) is 12.2 Å². The van der Waals surface area contributed by atoms with Crippen LogP contribution in [0.4, 0.5) is 0 Å². The number of imidazole rings is 1. The minimum Gasteiger partial charge on any atom is -0.332 e. The molecule has 0 unspecified atom stereocenters. The summed E-state index contributed by atoms with van der Waals surface area (Å²) in [7, 11) is -6.95. The van der Waals surface area contributed by atoms with Crippen molar-refractivity contribution in [1.29, 1.82) is 0 Å². The van der Waals surface area contributed by atoms with E-state index in [4.69, 9.17) is 5.14 Å². The van der Waals surface area contributed by atoms with Gasteiger partial charge in [-0.2, -0.15) is 0 Å². The first-order valence-corrected chi connectivity index (χ1v) is 8.85. The normalized spacial score (nSPS) is 12.8. The fourth-order valence-corrected chi connectivity index (χ4v) is 2.69. The molecule has 0 aliphatic carbocycles. The minimum atomic E-state index is -3.86. The summed E-state index contributed by atoms with van der Waals surface area (Å²) in [6, 6.07) is 0. The van der Waals surface area contributed by atoms with Crippen LogP contribution in [-0.2, 0) is 32.8 Å². The van der Waals surface area contributed by atoms with Crippen LogP contribution in [0.2, 0.25) is 0 Å². The first-order chi connectivity index (χ1) is 8.19. The Morgan fingerprint density at radius 1 is 1.28 bits per heavy atom. The second kappa shape index (κ2) is 5.37. The average molecular weight is 295 g/mol. The zero-order valence-corrected chi connectivity index (χ0v) is 12.0. The number of primary sulfonamides is 1. The van der Waals surface area contributed by atoms with Gasteiger partial charge in [0.2, 0.25) is 0 Å². The van der Waals surface area contributed by atoms with Crippen LogP contribution in [0.3, 0.4) is 0 Å². The van der Waals surface area contributed by atoms with Crippen molar-refractivity contribution >= 4 is 19.9 Å². The number of hydrogen-bond donors (Lipinski definition) is 1. The molecule has 0 atom stereocenters. The van der Waals surface area contributed by atoms with Crippen molar-refractivity contribution in [3.05, 3.63) is 12.0 Å². The van der Waals surface area contributed by atoms with Crippen molar-refractivity contribution in [2.45, 2.75) is 31.8 Å². The lowest BCUT2D eigenvalue weighted by atomic mass is 10.4. The zero-order valence-electron chi connectivity index (χ0n) is 10.3.